The highest BCUT2D eigenvalue weighted by molar-refractivity contribution is 7.89. The molecule has 1 aromatic carbocycles. The molecule has 0 radical (unpaired) electrons. The Morgan fingerprint density at radius 2 is 1.89 bits per heavy atom. The molecule has 1 rings (SSSR count). The summed E-state index contributed by atoms with van der Waals surface area (Å²) in [6, 6.07) is 5.48. The second kappa shape index (κ2) is 7.09. The van der Waals surface area contributed by atoms with E-state index in [0.717, 1.165) is 11.1 Å². The van der Waals surface area contributed by atoms with Gasteiger partial charge in [-0.3, -0.25) is 0 Å². The van der Waals surface area contributed by atoms with Crippen molar-refractivity contribution in [2.75, 3.05) is 27.2 Å². The smallest absolute Gasteiger partial charge is 0.243 e. The molecule has 0 fully saturated rings. The summed E-state index contributed by atoms with van der Waals surface area (Å²) in [5, 5.41) is 2.94. The lowest BCUT2D eigenvalue weighted by molar-refractivity contribution is 0.465. The summed E-state index contributed by atoms with van der Waals surface area (Å²) < 4.78 is 26.0. The molecule has 0 aliphatic heterocycles. The molecule has 0 spiro atoms. The second-order valence-electron chi connectivity index (χ2n) is 4.20. The molecule has 6 heteroatoms. The van der Waals surface area contributed by atoms with Crippen molar-refractivity contribution in [1.29, 1.82) is 0 Å². The van der Waals surface area contributed by atoms with Crippen LogP contribution in [0, 0.1) is 13.8 Å². The second-order valence-corrected chi connectivity index (χ2v) is 6.21. The molecular formula is C12H21ClN2O2S. The average Bonchev–Trinajstić information content (AvgIpc) is 2.28. The molecule has 18 heavy (non-hydrogen) atoms. The third-order valence-electron chi connectivity index (χ3n) is 2.71. The fraction of sp³-hybridized carbons (Fsp3) is 0.500. The molecule has 0 unspecified atom stereocenters. The number of aryl methyl sites for hydroxylation is 2. The van der Waals surface area contributed by atoms with Gasteiger partial charge in [0.05, 0.1) is 4.90 Å². The number of benzene rings is 1. The van der Waals surface area contributed by atoms with E-state index in [1.54, 1.807) is 20.2 Å². The van der Waals surface area contributed by atoms with Gasteiger partial charge in [0.2, 0.25) is 10.0 Å². The van der Waals surface area contributed by atoms with E-state index in [-0.39, 0.29) is 12.4 Å². The van der Waals surface area contributed by atoms with Crippen LogP contribution in [0.15, 0.2) is 23.1 Å². The molecule has 0 aliphatic carbocycles. The van der Waals surface area contributed by atoms with E-state index in [9.17, 15) is 8.42 Å². The fourth-order valence-corrected chi connectivity index (χ4v) is 3.02. The minimum absolute atomic E-state index is 0. The Bertz CT molecular complexity index is 489. The maximum absolute atomic E-state index is 12.3. The van der Waals surface area contributed by atoms with Crippen molar-refractivity contribution in [3.05, 3.63) is 29.3 Å². The van der Waals surface area contributed by atoms with Crippen LogP contribution in [0.25, 0.3) is 0 Å². The van der Waals surface area contributed by atoms with Gasteiger partial charge in [-0.25, -0.2) is 8.42 Å². The molecule has 0 bridgehead atoms. The van der Waals surface area contributed by atoms with Gasteiger partial charge in [-0.2, -0.15) is 4.31 Å². The lowest BCUT2D eigenvalue weighted by Gasteiger charge is -2.18. The number of rotatable bonds is 5. The summed E-state index contributed by atoms with van der Waals surface area (Å²) in [7, 11) is 0.0385. The Labute approximate surface area is 116 Å². The number of nitrogens with zero attached hydrogens (tertiary/aromatic N) is 1. The molecule has 104 valence electrons. The first-order chi connectivity index (χ1) is 7.89. The van der Waals surface area contributed by atoms with E-state index in [1.807, 2.05) is 26.0 Å². The zero-order valence-corrected chi connectivity index (χ0v) is 12.9. The Kier molecular flexibility index (Phi) is 6.84. The van der Waals surface area contributed by atoms with Gasteiger partial charge < -0.3 is 5.32 Å². The Morgan fingerprint density at radius 3 is 2.44 bits per heavy atom. The third-order valence-corrected chi connectivity index (χ3v) is 4.71. The Morgan fingerprint density at radius 1 is 1.28 bits per heavy atom. The first-order valence-corrected chi connectivity index (χ1v) is 7.02. The van der Waals surface area contributed by atoms with Crippen LogP contribution in [0.3, 0.4) is 0 Å². The van der Waals surface area contributed by atoms with Gasteiger partial charge in [-0.05, 0) is 38.1 Å². The lowest BCUT2D eigenvalue weighted by atomic mass is 10.2. The first kappa shape index (κ1) is 17.4. The van der Waals surface area contributed by atoms with E-state index in [4.69, 9.17) is 0 Å². The maximum Gasteiger partial charge on any atom is 0.243 e. The van der Waals surface area contributed by atoms with Crippen LogP contribution < -0.4 is 5.32 Å². The molecule has 1 aromatic rings. The average molecular weight is 293 g/mol. The summed E-state index contributed by atoms with van der Waals surface area (Å²) in [4.78, 5) is 0.399. The van der Waals surface area contributed by atoms with Gasteiger partial charge in [0.1, 0.15) is 0 Å². The van der Waals surface area contributed by atoms with Crippen molar-refractivity contribution in [2.24, 2.45) is 0 Å². The highest BCUT2D eigenvalue weighted by Crippen LogP contribution is 2.19. The maximum atomic E-state index is 12.3. The molecular weight excluding hydrogens is 272 g/mol. The molecule has 0 saturated heterocycles. The van der Waals surface area contributed by atoms with Crippen LogP contribution >= 0.6 is 12.4 Å². The largest absolute Gasteiger partial charge is 0.318 e. The number of hydrogen-bond acceptors (Lipinski definition) is 3. The van der Waals surface area contributed by atoms with E-state index in [2.05, 4.69) is 5.32 Å². The number of sulfonamides is 1. The third kappa shape index (κ3) is 3.95. The zero-order valence-electron chi connectivity index (χ0n) is 11.2. The molecule has 0 amide bonds. The first-order valence-electron chi connectivity index (χ1n) is 5.58. The summed E-state index contributed by atoms with van der Waals surface area (Å²) in [5.74, 6) is 0. The van der Waals surface area contributed by atoms with Crippen LogP contribution in [0.1, 0.15) is 11.1 Å². The molecule has 4 nitrogen and oxygen atoms in total. The van der Waals surface area contributed by atoms with Crippen molar-refractivity contribution < 1.29 is 8.42 Å². The number of likely N-dealkylation sites (N-methyl/N-ethyl adjacent to an activating group) is 2. The SMILES string of the molecule is CNCCN(C)S(=O)(=O)c1cc(C)ccc1C.Cl. The van der Waals surface area contributed by atoms with Crippen LogP contribution in [0.5, 0.6) is 0 Å². The van der Waals surface area contributed by atoms with Gasteiger partial charge in [0.25, 0.3) is 0 Å². The minimum Gasteiger partial charge on any atom is -0.318 e. The van der Waals surface area contributed by atoms with Gasteiger partial charge in [-0.1, -0.05) is 12.1 Å². The fourth-order valence-electron chi connectivity index (χ4n) is 1.54. The molecule has 0 aromatic heterocycles. The van der Waals surface area contributed by atoms with Gasteiger partial charge in [-0.15, -0.1) is 12.4 Å². The normalized spacial score (nSPS) is 11.4. The Balaban J connectivity index is 0.00000289. The van der Waals surface area contributed by atoms with Crippen molar-refractivity contribution in [3.8, 4) is 0 Å². The van der Waals surface area contributed by atoms with E-state index in [1.165, 1.54) is 4.31 Å². The van der Waals surface area contributed by atoms with Crippen LogP contribution in [-0.4, -0.2) is 39.9 Å². The van der Waals surface area contributed by atoms with Gasteiger partial charge in [0, 0.05) is 20.1 Å². The zero-order chi connectivity index (χ0) is 13.1. The Hall–Kier alpha value is -0.620. The monoisotopic (exact) mass is 292 g/mol. The van der Waals surface area contributed by atoms with Crippen molar-refractivity contribution in [1.82, 2.24) is 9.62 Å². The predicted octanol–water partition coefficient (Wildman–Crippen LogP) is 1.57. The topological polar surface area (TPSA) is 49.4 Å². The highest BCUT2D eigenvalue weighted by Gasteiger charge is 2.22. The van der Waals surface area contributed by atoms with Crippen molar-refractivity contribution >= 4 is 22.4 Å². The van der Waals surface area contributed by atoms with Gasteiger partial charge >= 0.3 is 0 Å². The molecule has 0 atom stereocenters. The van der Waals surface area contributed by atoms with Gasteiger partial charge in [0.15, 0.2) is 0 Å². The molecule has 0 saturated carbocycles. The van der Waals surface area contributed by atoms with Crippen LogP contribution in [-0.2, 0) is 10.0 Å². The van der Waals surface area contributed by atoms with E-state index >= 15 is 0 Å². The summed E-state index contributed by atoms with van der Waals surface area (Å²) in [5.41, 5.74) is 1.74. The van der Waals surface area contributed by atoms with Crippen LogP contribution in [0.4, 0.5) is 0 Å². The summed E-state index contributed by atoms with van der Waals surface area (Å²) in [6.45, 7) is 4.82. The predicted molar refractivity (Wildman–Crippen MR) is 76.9 cm³/mol. The molecule has 0 heterocycles. The summed E-state index contributed by atoms with van der Waals surface area (Å²) in [6.07, 6.45) is 0. The quantitative estimate of drug-likeness (QED) is 0.896. The number of hydrogen-bond donors (Lipinski definition) is 1. The number of halogens is 1. The van der Waals surface area contributed by atoms with E-state index in [0.29, 0.717) is 18.0 Å². The summed E-state index contributed by atoms with van der Waals surface area (Å²) >= 11 is 0. The molecule has 0 aliphatic rings. The van der Waals surface area contributed by atoms with Crippen molar-refractivity contribution in [2.45, 2.75) is 18.7 Å². The molecule has 1 N–H and O–H groups in total. The minimum atomic E-state index is -3.37. The lowest BCUT2D eigenvalue weighted by Crippen LogP contribution is -2.33. The van der Waals surface area contributed by atoms with Crippen molar-refractivity contribution in [3.63, 3.8) is 0 Å². The van der Waals surface area contributed by atoms with E-state index < -0.39 is 10.0 Å². The van der Waals surface area contributed by atoms with Crippen LogP contribution in [0.2, 0.25) is 0 Å². The standard InChI is InChI=1S/C12H20N2O2S.ClH/c1-10-5-6-11(2)12(9-10)17(15,16)14(4)8-7-13-3;/h5-6,9,13H,7-8H2,1-4H3;1H. The number of nitrogens with one attached hydrogen (secondary N) is 1. The highest BCUT2D eigenvalue weighted by atomic mass is 35.5.